The highest BCUT2D eigenvalue weighted by Crippen LogP contribution is 2.25. The lowest BCUT2D eigenvalue weighted by Gasteiger charge is -2.16. The average Bonchev–Trinajstić information content (AvgIpc) is 3.19. The van der Waals surface area contributed by atoms with Gasteiger partial charge in [-0.2, -0.15) is 0 Å². The summed E-state index contributed by atoms with van der Waals surface area (Å²) in [5.41, 5.74) is 3.19. The van der Waals surface area contributed by atoms with Gasteiger partial charge in [0, 0.05) is 36.0 Å². The Bertz CT molecular complexity index is 1000. The molecule has 0 aromatic heterocycles. The summed E-state index contributed by atoms with van der Waals surface area (Å²) in [7, 11) is 0. The molecule has 0 aliphatic carbocycles. The van der Waals surface area contributed by atoms with Gasteiger partial charge >= 0.3 is 0 Å². The first kappa shape index (κ1) is 18.7. The van der Waals surface area contributed by atoms with Crippen molar-refractivity contribution in [3.8, 4) is 5.75 Å². The van der Waals surface area contributed by atoms with Crippen LogP contribution in [0.4, 0.5) is 11.4 Å². The first-order valence-corrected chi connectivity index (χ1v) is 9.68. The zero-order valence-corrected chi connectivity index (χ0v) is 16.0. The van der Waals surface area contributed by atoms with E-state index in [0.717, 1.165) is 29.9 Å². The lowest BCUT2D eigenvalue weighted by Crippen LogP contribution is -2.23. The molecule has 1 N–H and O–H groups in total. The number of hydrogen-bond acceptors (Lipinski definition) is 3. The SMILES string of the molecule is O=C(Nc1ccccc1)c1ccc(COc2cccc(N3CCCC3=O)c2)cc1. The van der Waals surface area contributed by atoms with Crippen LogP contribution in [-0.2, 0) is 11.4 Å². The van der Waals surface area contributed by atoms with Gasteiger partial charge in [0.25, 0.3) is 5.91 Å². The number of anilines is 2. The predicted octanol–water partition coefficient (Wildman–Crippen LogP) is 4.64. The van der Waals surface area contributed by atoms with Crippen molar-refractivity contribution < 1.29 is 14.3 Å². The summed E-state index contributed by atoms with van der Waals surface area (Å²) >= 11 is 0. The van der Waals surface area contributed by atoms with E-state index in [1.807, 2.05) is 66.7 Å². The maximum atomic E-state index is 12.3. The molecule has 1 fully saturated rings. The lowest BCUT2D eigenvalue weighted by atomic mass is 10.1. The van der Waals surface area contributed by atoms with E-state index in [-0.39, 0.29) is 11.8 Å². The van der Waals surface area contributed by atoms with Crippen LogP contribution in [0.25, 0.3) is 0 Å². The molecule has 0 spiro atoms. The fraction of sp³-hybridized carbons (Fsp3) is 0.167. The standard InChI is InChI=1S/C24H22N2O3/c27-23-10-5-15-26(23)21-8-4-9-22(16-21)29-17-18-11-13-19(14-12-18)24(28)25-20-6-2-1-3-7-20/h1-4,6-9,11-14,16H,5,10,15,17H2,(H,25,28). The summed E-state index contributed by atoms with van der Waals surface area (Å²) in [6, 6.07) is 24.3. The van der Waals surface area contributed by atoms with Crippen molar-refractivity contribution in [2.24, 2.45) is 0 Å². The van der Waals surface area contributed by atoms with Crippen LogP contribution in [0.2, 0.25) is 0 Å². The van der Waals surface area contributed by atoms with Gasteiger partial charge in [0.15, 0.2) is 0 Å². The third-order valence-electron chi connectivity index (χ3n) is 4.86. The zero-order valence-electron chi connectivity index (χ0n) is 16.0. The molecule has 146 valence electrons. The van der Waals surface area contributed by atoms with E-state index in [1.165, 1.54) is 0 Å². The maximum absolute atomic E-state index is 12.3. The van der Waals surface area contributed by atoms with Crippen molar-refractivity contribution in [2.45, 2.75) is 19.4 Å². The molecule has 0 saturated carbocycles. The number of rotatable bonds is 6. The molecule has 2 amide bonds. The van der Waals surface area contributed by atoms with Crippen LogP contribution in [0.3, 0.4) is 0 Å². The summed E-state index contributed by atoms with van der Waals surface area (Å²) in [4.78, 5) is 26.0. The van der Waals surface area contributed by atoms with Gasteiger partial charge in [-0.05, 0) is 48.4 Å². The minimum absolute atomic E-state index is 0.147. The topological polar surface area (TPSA) is 58.6 Å². The minimum atomic E-state index is -0.147. The van der Waals surface area contributed by atoms with Crippen LogP contribution in [0.15, 0.2) is 78.9 Å². The smallest absolute Gasteiger partial charge is 0.255 e. The average molecular weight is 386 g/mol. The Morgan fingerprint density at radius 1 is 0.966 bits per heavy atom. The summed E-state index contributed by atoms with van der Waals surface area (Å²) in [5.74, 6) is 0.728. The van der Waals surface area contributed by atoms with Crippen LogP contribution in [0.5, 0.6) is 5.75 Å². The van der Waals surface area contributed by atoms with Gasteiger partial charge in [0.1, 0.15) is 12.4 Å². The Hall–Kier alpha value is -3.60. The van der Waals surface area contributed by atoms with E-state index < -0.39 is 0 Å². The van der Waals surface area contributed by atoms with Gasteiger partial charge in [0.05, 0.1) is 0 Å². The predicted molar refractivity (Wildman–Crippen MR) is 113 cm³/mol. The highest BCUT2D eigenvalue weighted by Gasteiger charge is 2.21. The molecule has 0 atom stereocenters. The van der Waals surface area contributed by atoms with Crippen molar-refractivity contribution in [1.29, 1.82) is 0 Å². The van der Waals surface area contributed by atoms with Crippen molar-refractivity contribution in [1.82, 2.24) is 0 Å². The minimum Gasteiger partial charge on any atom is -0.489 e. The fourth-order valence-corrected chi connectivity index (χ4v) is 3.31. The van der Waals surface area contributed by atoms with Crippen molar-refractivity contribution >= 4 is 23.2 Å². The first-order valence-electron chi connectivity index (χ1n) is 9.68. The number of carbonyl (C=O) groups excluding carboxylic acids is 2. The Balaban J connectivity index is 1.36. The Morgan fingerprint density at radius 2 is 1.76 bits per heavy atom. The lowest BCUT2D eigenvalue weighted by molar-refractivity contribution is -0.117. The molecular weight excluding hydrogens is 364 g/mol. The van der Waals surface area contributed by atoms with Crippen molar-refractivity contribution in [3.05, 3.63) is 90.0 Å². The Labute approximate surface area is 169 Å². The van der Waals surface area contributed by atoms with Crippen LogP contribution < -0.4 is 15.0 Å². The number of hydrogen-bond donors (Lipinski definition) is 1. The van der Waals surface area contributed by atoms with Crippen LogP contribution in [-0.4, -0.2) is 18.4 Å². The molecular formula is C24H22N2O3. The van der Waals surface area contributed by atoms with E-state index in [9.17, 15) is 9.59 Å². The van der Waals surface area contributed by atoms with Gasteiger partial charge in [-0.15, -0.1) is 0 Å². The Morgan fingerprint density at radius 3 is 2.48 bits per heavy atom. The molecule has 1 heterocycles. The molecule has 0 unspecified atom stereocenters. The van der Waals surface area contributed by atoms with E-state index in [4.69, 9.17) is 4.74 Å². The van der Waals surface area contributed by atoms with Gasteiger partial charge in [-0.25, -0.2) is 0 Å². The van der Waals surface area contributed by atoms with E-state index >= 15 is 0 Å². The molecule has 5 nitrogen and oxygen atoms in total. The van der Waals surface area contributed by atoms with Gasteiger partial charge in [0.2, 0.25) is 5.91 Å². The van der Waals surface area contributed by atoms with Crippen molar-refractivity contribution in [3.63, 3.8) is 0 Å². The normalized spacial score (nSPS) is 13.4. The highest BCUT2D eigenvalue weighted by atomic mass is 16.5. The number of nitrogens with zero attached hydrogens (tertiary/aromatic N) is 1. The van der Waals surface area contributed by atoms with Crippen molar-refractivity contribution in [2.75, 3.05) is 16.8 Å². The number of amides is 2. The molecule has 1 aliphatic heterocycles. The Kier molecular flexibility index (Phi) is 5.56. The molecule has 3 aromatic rings. The second-order valence-electron chi connectivity index (χ2n) is 6.95. The van der Waals surface area contributed by atoms with Crippen LogP contribution in [0.1, 0.15) is 28.8 Å². The van der Waals surface area contributed by atoms with Crippen LogP contribution in [0, 0.1) is 0 Å². The monoisotopic (exact) mass is 386 g/mol. The first-order chi connectivity index (χ1) is 14.2. The quantitative estimate of drug-likeness (QED) is 0.671. The maximum Gasteiger partial charge on any atom is 0.255 e. The number of carbonyl (C=O) groups is 2. The summed E-state index contributed by atoms with van der Waals surface area (Å²) in [5, 5.41) is 2.87. The summed E-state index contributed by atoms with van der Waals surface area (Å²) in [6.07, 6.45) is 1.50. The van der Waals surface area contributed by atoms with E-state index in [0.29, 0.717) is 24.3 Å². The molecule has 3 aromatic carbocycles. The fourth-order valence-electron chi connectivity index (χ4n) is 3.31. The molecule has 29 heavy (non-hydrogen) atoms. The van der Waals surface area contributed by atoms with E-state index in [2.05, 4.69) is 5.32 Å². The zero-order chi connectivity index (χ0) is 20.1. The summed E-state index contributed by atoms with van der Waals surface area (Å²) in [6.45, 7) is 1.15. The van der Waals surface area contributed by atoms with E-state index in [1.54, 1.807) is 17.0 Å². The molecule has 0 radical (unpaired) electrons. The second kappa shape index (κ2) is 8.61. The summed E-state index contributed by atoms with van der Waals surface area (Å²) < 4.78 is 5.89. The largest absolute Gasteiger partial charge is 0.489 e. The highest BCUT2D eigenvalue weighted by molar-refractivity contribution is 6.04. The van der Waals surface area contributed by atoms with Gasteiger partial charge < -0.3 is 15.0 Å². The third-order valence-corrected chi connectivity index (χ3v) is 4.86. The second-order valence-corrected chi connectivity index (χ2v) is 6.95. The molecule has 1 aliphatic rings. The molecule has 5 heteroatoms. The number of benzene rings is 3. The van der Waals surface area contributed by atoms with Crippen LogP contribution >= 0.6 is 0 Å². The van der Waals surface area contributed by atoms with Gasteiger partial charge in [-0.1, -0.05) is 36.4 Å². The number of nitrogens with one attached hydrogen (secondary N) is 1. The molecule has 1 saturated heterocycles. The van der Waals surface area contributed by atoms with Gasteiger partial charge in [-0.3, -0.25) is 9.59 Å². The molecule has 0 bridgehead atoms. The third kappa shape index (κ3) is 4.63. The molecule has 4 rings (SSSR count). The number of ether oxygens (including phenoxy) is 1. The number of para-hydroxylation sites is 1.